The van der Waals surface area contributed by atoms with E-state index in [1.54, 1.807) is 0 Å². The molecule has 0 aliphatic heterocycles. The molecule has 0 fully saturated rings. The Morgan fingerprint density at radius 2 is 2.09 bits per heavy atom. The van der Waals surface area contributed by atoms with Gasteiger partial charge in [-0.2, -0.15) is 4.98 Å². The number of hydrogen-bond acceptors (Lipinski definition) is 4. The zero-order valence-electron chi connectivity index (χ0n) is 5.05. The maximum Gasteiger partial charge on any atom is 0.393 e. The minimum atomic E-state index is -4.39. The molecule has 0 aromatic carbocycles. The second kappa shape index (κ2) is 2.83. The third-order valence-corrected chi connectivity index (χ3v) is 1.71. The van der Waals surface area contributed by atoms with Crippen molar-refractivity contribution in [2.75, 3.05) is 0 Å². The zero-order valence-corrected chi connectivity index (χ0v) is 6.70. The van der Waals surface area contributed by atoms with E-state index in [1.807, 2.05) is 0 Å². The average molecular weight is 196 g/mol. The van der Waals surface area contributed by atoms with Crippen molar-refractivity contribution >= 4 is 24.8 Å². The summed E-state index contributed by atoms with van der Waals surface area (Å²) in [7, 11) is -4.39. The first-order valence-electron chi connectivity index (χ1n) is 2.41. The molecule has 0 amide bonds. The van der Waals surface area contributed by atoms with Crippen LogP contribution in [-0.2, 0) is 4.57 Å². The Bertz CT molecular complexity index is 312. The molecule has 60 valence electrons. The highest BCUT2D eigenvalue weighted by atomic mass is 35.5. The lowest BCUT2D eigenvalue weighted by Crippen LogP contribution is -2.14. The van der Waals surface area contributed by atoms with Crippen LogP contribution >= 0.6 is 19.2 Å². The van der Waals surface area contributed by atoms with Gasteiger partial charge in [0.15, 0.2) is 0 Å². The van der Waals surface area contributed by atoms with E-state index in [4.69, 9.17) is 21.4 Å². The first-order valence-corrected chi connectivity index (χ1v) is 4.40. The lowest BCUT2D eigenvalue weighted by molar-refractivity contribution is 0.385. The highest BCUT2D eigenvalue weighted by Gasteiger charge is 2.21. The predicted octanol–water partition coefficient (Wildman–Crippen LogP) is -0.672. The van der Waals surface area contributed by atoms with Crippen LogP contribution in [0.25, 0.3) is 0 Å². The van der Waals surface area contributed by atoms with Crippen molar-refractivity contribution < 1.29 is 14.4 Å². The van der Waals surface area contributed by atoms with Crippen LogP contribution in [0, 0.1) is 0 Å². The molecule has 0 saturated carbocycles. The first kappa shape index (κ1) is 8.55. The van der Waals surface area contributed by atoms with Crippen LogP contribution in [-0.4, -0.2) is 24.7 Å². The summed E-state index contributed by atoms with van der Waals surface area (Å²) in [4.78, 5) is 26.8. The summed E-state index contributed by atoms with van der Waals surface area (Å²) in [6.45, 7) is 0. The van der Waals surface area contributed by atoms with Crippen molar-refractivity contribution in [2.45, 2.75) is 0 Å². The van der Waals surface area contributed by atoms with E-state index >= 15 is 0 Å². The predicted molar refractivity (Wildman–Crippen MR) is 36.5 cm³/mol. The molecule has 0 aliphatic rings. The summed E-state index contributed by atoms with van der Waals surface area (Å²) in [6, 6.07) is 0. The molecule has 1 aromatic heterocycles. The summed E-state index contributed by atoms with van der Waals surface area (Å²) < 4.78 is 10.5. The number of rotatable bonds is 1. The van der Waals surface area contributed by atoms with E-state index in [-0.39, 0.29) is 5.28 Å². The van der Waals surface area contributed by atoms with E-state index in [1.165, 1.54) is 0 Å². The quantitative estimate of drug-likeness (QED) is 0.577. The third-order valence-electron chi connectivity index (χ3n) is 0.790. The van der Waals surface area contributed by atoms with Crippen molar-refractivity contribution in [2.24, 2.45) is 0 Å². The standard InChI is InChI=1S/C3H3ClN3O3P/c4-2-5-1-6-3(7-2)11(8,9)10/h1H,(H2,8,9,10). The average Bonchev–Trinajstić information content (AvgIpc) is 1.86. The number of nitrogens with zero attached hydrogens (tertiary/aromatic N) is 3. The van der Waals surface area contributed by atoms with Gasteiger partial charge in [0.25, 0.3) is 0 Å². The van der Waals surface area contributed by atoms with Gasteiger partial charge in [-0.1, -0.05) is 0 Å². The van der Waals surface area contributed by atoms with Gasteiger partial charge in [0.2, 0.25) is 10.8 Å². The maximum atomic E-state index is 10.5. The first-order chi connectivity index (χ1) is 5.00. The molecule has 0 spiro atoms. The molecule has 0 bridgehead atoms. The number of hydrogen-bond donors (Lipinski definition) is 2. The van der Waals surface area contributed by atoms with Crippen LogP contribution < -0.4 is 5.57 Å². The van der Waals surface area contributed by atoms with Crippen molar-refractivity contribution in [3.8, 4) is 0 Å². The Labute approximate surface area is 66.4 Å². The van der Waals surface area contributed by atoms with Gasteiger partial charge in [0.1, 0.15) is 6.33 Å². The molecule has 0 atom stereocenters. The molecule has 0 unspecified atom stereocenters. The zero-order chi connectivity index (χ0) is 8.48. The fourth-order valence-corrected chi connectivity index (χ4v) is 1.02. The van der Waals surface area contributed by atoms with Gasteiger partial charge in [-0.05, 0) is 11.6 Å². The Morgan fingerprint density at radius 3 is 2.45 bits per heavy atom. The van der Waals surface area contributed by atoms with Gasteiger partial charge >= 0.3 is 7.60 Å². The van der Waals surface area contributed by atoms with Crippen LogP contribution in [0.5, 0.6) is 0 Å². The van der Waals surface area contributed by atoms with E-state index in [0.29, 0.717) is 0 Å². The highest BCUT2D eigenvalue weighted by Crippen LogP contribution is 2.30. The Kier molecular flexibility index (Phi) is 2.20. The number of aromatic nitrogens is 3. The second-order valence-corrected chi connectivity index (χ2v) is 3.42. The van der Waals surface area contributed by atoms with Gasteiger partial charge in [-0.15, -0.1) is 0 Å². The molecule has 2 N–H and O–H groups in total. The molecular weight excluding hydrogens is 192 g/mol. The van der Waals surface area contributed by atoms with Crippen molar-refractivity contribution in [1.82, 2.24) is 15.0 Å². The normalized spacial score (nSPS) is 11.5. The summed E-state index contributed by atoms with van der Waals surface area (Å²) >= 11 is 5.25. The molecule has 0 radical (unpaired) electrons. The fourth-order valence-electron chi connectivity index (χ4n) is 0.409. The van der Waals surface area contributed by atoms with Crippen molar-refractivity contribution in [1.29, 1.82) is 0 Å². The maximum absolute atomic E-state index is 10.5. The summed E-state index contributed by atoms with van der Waals surface area (Å²) in [5.41, 5.74) is -0.613. The van der Waals surface area contributed by atoms with Crippen molar-refractivity contribution in [3.63, 3.8) is 0 Å². The smallest absolute Gasteiger partial charge is 0.319 e. The number of halogens is 1. The molecular formula is C3H3ClN3O3P. The molecule has 1 aromatic rings. The summed E-state index contributed by atoms with van der Waals surface area (Å²) in [5.74, 6) is 0. The summed E-state index contributed by atoms with van der Waals surface area (Å²) in [5, 5.41) is -0.238. The van der Waals surface area contributed by atoms with E-state index in [0.717, 1.165) is 6.33 Å². The molecule has 6 nitrogen and oxygen atoms in total. The van der Waals surface area contributed by atoms with Gasteiger partial charge in [0.05, 0.1) is 0 Å². The van der Waals surface area contributed by atoms with Gasteiger partial charge < -0.3 is 9.79 Å². The van der Waals surface area contributed by atoms with Crippen LogP contribution in [0.4, 0.5) is 0 Å². The third kappa shape index (κ3) is 2.20. The lowest BCUT2D eigenvalue weighted by atomic mass is 11.1. The molecule has 0 aliphatic carbocycles. The van der Waals surface area contributed by atoms with E-state index in [9.17, 15) is 4.57 Å². The molecule has 1 heterocycles. The Morgan fingerprint density at radius 1 is 1.45 bits per heavy atom. The van der Waals surface area contributed by atoms with Crippen molar-refractivity contribution in [3.05, 3.63) is 11.6 Å². The van der Waals surface area contributed by atoms with Gasteiger partial charge in [0, 0.05) is 0 Å². The molecule has 1 rings (SSSR count). The SMILES string of the molecule is O=P(O)(O)c1ncnc(Cl)n1. The van der Waals surface area contributed by atoms with Gasteiger partial charge in [-0.3, -0.25) is 4.57 Å². The van der Waals surface area contributed by atoms with Crippen LogP contribution in [0.15, 0.2) is 6.33 Å². The molecule has 8 heteroatoms. The Balaban J connectivity index is 3.17. The molecule has 11 heavy (non-hydrogen) atoms. The fraction of sp³-hybridized carbons (Fsp3) is 0. The van der Waals surface area contributed by atoms with Crippen LogP contribution in [0.3, 0.4) is 0 Å². The minimum absolute atomic E-state index is 0.238. The second-order valence-electron chi connectivity index (χ2n) is 1.60. The minimum Gasteiger partial charge on any atom is -0.319 e. The highest BCUT2D eigenvalue weighted by molar-refractivity contribution is 7.59. The van der Waals surface area contributed by atoms with Crippen LogP contribution in [0.2, 0.25) is 5.28 Å². The van der Waals surface area contributed by atoms with Crippen LogP contribution in [0.1, 0.15) is 0 Å². The molecule has 0 saturated heterocycles. The largest absolute Gasteiger partial charge is 0.393 e. The summed E-state index contributed by atoms with van der Waals surface area (Å²) in [6.07, 6.45) is 0.934. The monoisotopic (exact) mass is 195 g/mol. The lowest BCUT2D eigenvalue weighted by Gasteiger charge is -1.99. The van der Waals surface area contributed by atoms with Gasteiger partial charge in [-0.25, -0.2) is 9.97 Å². The Hall–Kier alpha value is -0.550. The topological polar surface area (TPSA) is 96.2 Å². The van der Waals surface area contributed by atoms with E-state index in [2.05, 4.69) is 15.0 Å². The van der Waals surface area contributed by atoms with E-state index < -0.39 is 13.2 Å².